The molecule has 2 amide bonds. The zero-order valence-electron chi connectivity index (χ0n) is 7.46. The SMILES string of the molecule is CC(=O)NNC(=O)C1CSC(C)=N1. The Labute approximate surface area is 80.3 Å². The first-order valence-corrected chi connectivity index (χ1v) is 4.82. The van der Waals surface area contributed by atoms with Crippen LogP contribution in [0.2, 0.25) is 0 Å². The Hall–Kier alpha value is -1.04. The highest BCUT2D eigenvalue weighted by molar-refractivity contribution is 8.14. The summed E-state index contributed by atoms with van der Waals surface area (Å²) in [5, 5.41) is 0.906. The van der Waals surface area contributed by atoms with Gasteiger partial charge in [-0.15, -0.1) is 11.8 Å². The molecule has 72 valence electrons. The molecule has 0 bridgehead atoms. The molecule has 2 N–H and O–H groups in total. The maximum Gasteiger partial charge on any atom is 0.264 e. The van der Waals surface area contributed by atoms with Crippen molar-refractivity contribution < 1.29 is 9.59 Å². The first-order chi connectivity index (χ1) is 6.09. The molecule has 1 atom stereocenters. The van der Waals surface area contributed by atoms with Crippen LogP contribution >= 0.6 is 11.8 Å². The molecule has 0 spiro atoms. The Bertz CT molecular complexity index is 264. The third kappa shape index (κ3) is 3.06. The van der Waals surface area contributed by atoms with Crippen LogP contribution in [-0.4, -0.2) is 28.7 Å². The van der Waals surface area contributed by atoms with E-state index in [9.17, 15) is 9.59 Å². The van der Waals surface area contributed by atoms with Gasteiger partial charge in [-0.25, -0.2) is 0 Å². The number of hydrazine groups is 1. The van der Waals surface area contributed by atoms with Gasteiger partial charge in [0.2, 0.25) is 5.91 Å². The largest absolute Gasteiger partial charge is 0.274 e. The van der Waals surface area contributed by atoms with Gasteiger partial charge in [0, 0.05) is 12.7 Å². The van der Waals surface area contributed by atoms with Crippen LogP contribution in [0.4, 0.5) is 0 Å². The Balaban J connectivity index is 2.36. The van der Waals surface area contributed by atoms with Crippen LogP contribution in [0.3, 0.4) is 0 Å². The lowest BCUT2D eigenvalue weighted by Gasteiger charge is -2.07. The Kier molecular flexibility index (Phi) is 3.30. The molecule has 5 nitrogen and oxygen atoms in total. The minimum atomic E-state index is -0.364. The van der Waals surface area contributed by atoms with Crippen molar-refractivity contribution in [2.24, 2.45) is 4.99 Å². The molecule has 1 aliphatic heterocycles. The molecule has 1 aliphatic rings. The molecule has 1 rings (SSSR count). The summed E-state index contributed by atoms with van der Waals surface area (Å²) in [7, 11) is 0. The highest BCUT2D eigenvalue weighted by atomic mass is 32.2. The van der Waals surface area contributed by atoms with Crippen molar-refractivity contribution in [2.45, 2.75) is 19.9 Å². The summed E-state index contributed by atoms with van der Waals surface area (Å²) >= 11 is 1.54. The fraction of sp³-hybridized carbons (Fsp3) is 0.571. The van der Waals surface area contributed by atoms with Gasteiger partial charge in [-0.05, 0) is 6.92 Å². The summed E-state index contributed by atoms with van der Waals surface area (Å²) in [4.78, 5) is 25.8. The van der Waals surface area contributed by atoms with Gasteiger partial charge in [0.1, 0.15) is 6.04 Å². The zero-order valence-corrected chi connectivity index (χ0v) is 8.27. The number of thioether (sulfide) groups is 1. The van der Waals surface area contributed by atoms with Gasteiger partial charge in [-0.1, -0.05) is 0 Å². The van der Waals surface area contributed by atoms with E-state index in [4.69, 9.17) is 0 Å². The quantitative estimate of drug-likeness (QED) is 0.572. The average Bonchev–Trinajstić information content (AvgIpc) is 2.47. The van der Waals surface area contributed by atoms with Crippen LogP contribution in [0.15, 0.2) is 4.99 Å². The standard InChI is InChI=1S/C7H11N3O2S/c1-4(11)9-10-7(12)6-3-13-5(2)8-6/h6H,3H2,1-2H3,(H,9,11)(H,10,12). The van der Waals surface area contributed by atoms with Crippen LogP contribution < -0.4 is 10.9 Å². The molecule has 6 heteroatoms. The van der Waals surface area contributed by atoms with Crippen molar-refractivity contribution in [1.82, 2.24) is 10.9 Å². The van der Waals surface area contributed by atoms with Gasteiger partial charge in [-0.2, -0.15) is 0 Å². The van der Waals surface area contributed by atoms with Crippen LogP contribution in [0.25, 0.3) is 0 Å². The molecule has 0 saturated heterocycles. The first-order valence-electron chi connectivity index (χ1n) is 3.83. The third-order valence-electron chi connectivity index (χ3n) is 1.45. The Morgan fingerprint density at radius 3 is 2.69 bits per heavy atom. The van der Waals surface area contributed by atoms with Crippen molar-refractivity contribution in [2.75, 3.05) is 5.75 Å². The van der Waals surface area contributed by atoms with E-state index in [-0.39, 0.29) is 17.9 Å². The van der Waals surface area contributed by atoms with E-state index in [0.29, 0.717) is 5.75 Å². The number of carbonyl (C=O) groups excluding carboxylic acids is 2. The van der Waals surface area contributed by atoms with Crippen molar-refractivity contribution in [3.8, 4) is 0 Å². The molecule has 13 heavy (non-hydrogen) atoms. The molecule has 0 aliphatic carbocycles. The van der Waals surface area contributed by atoms with Crippen molar-refractivity contribution in [3.05, 3.63) is 0 Å². The normalized spacial score (nSPS) is 20.8. The summed E-state index contributed by atoms with van der Waals surface area (Å²) < 4.78 is 0. The van der Waals surface area contributed by atoms with Gasteiger partial charge < -0.3 is 0 Å². The summed E-state index contributed by atoms with van der Waals surface area (Å²) in [5.41, 5.74) is 4.51. The van der Waals surface area contributed by atoms with Crippen LogP contribution in [-0.2, 0) is 9.59 Å². The Morgan fingerprint density at radius 2 is 2.23 bits per heavy atom. The molecule has 1 unspecified atom stereocenters. The monoisotopic (exact) mass is 201 g/mol. The Morgan fingerprint density at radius 1 is 1.54 bits per heavy atom. The van der Waals surface area contributed by atoms with Crippen LogP contribution in [0, 0.1) is 0 Å². The van der Waals surface area contributed by atoms with E-state index in [1.165, 1.54) is 6.92 Å². The second-order valence-electron chi connectivity index (χ2n) is 2.65. The summed E-state index contributed by atoms with van der Waals surface area (Å²) in [5.74, 6) is 0.0938. The third-order valence-corrected chi connectivity index (χ3v) is 2.46. The summed E-state index contributed by atoms with van der Waals surface area (Å²) in [6, 6.07) is -0.364. The minimum Gasteiger partial charge on any atom is -0.274 e. The van der Waals surface area contributed by atoms with E-state index in [2.05, 4.69) is 15.8 Å². The maximum atomic E-state index is 11.2. The highest BCUT2D eigenvalue weighted by Gasteiger charge is 2.22. The molecular formula is C7H11N3O2S. The fourth-order valence-corrected chi connectivity index (χ4v) is 1.69. The molecule has 0 aromatic carbocycles. The van der Waals surface area contributed by atoms with Gasteiger partial charge in [0.25, 0.3) is 5.91 Å². The van der Waals surface area contributed by atoms with Gasteiger partial charge in [0.05, 0.1) is 5.04 Å². The first kappa shape index (κ1) is 10.0. The fourth-order valence-electron chi connectivity index (χ4n) is 0.861. The zero-order chi connectivity index (χ0) is 9.84. The molecular weight excluding hydrogens is 190 g/mol. The lowest BCUT2D eigenvalue weighted by atomic mass is 10.3. The molecule has 0 aromatic heterocycles. The minimum absolute atomic E-state index is 0.264. The molecule has 1 heterocycles. The van der Waals surface area contributed by atoms with Crippen LogP contribution in [0.5, 0.6) is 0 Å². The number of rotatable bonds is 1. The van der Waals surface area contributed by atoms with Crippen molar-refractivity contribution in [1.29, 1.82) is 0 Å². The van der Waals surface area contributed by atoms with Crippen molar-refractivity contribution in [3.63, 3.8) is 0 Å². The van der Waals surface area contributed by atoms with E-state index in [1.54, 1.807) is 11.8 Å². The number of hydrogen-bond acceptors (Lipinski definition) is 4. The van der Waals surface area contributed by atoms with Gasteiger partial charge in [-0.3, -0.25) is 25.4 Å². The lowest BCUT2D eigenvalue weighted by Crippen LogP contribution is -2.45. The smallest absolute Gasteiger partial charge is 0.264 e. The molecule has 0 aromatic rings. The van der Waals surface area contributed by atoms with E-state index < -0.39 is 0 Å². The number of amides is 2. The number of nitrogens with zero attached hydrogens (tertiary/aromatic N) is 1. The van der Waals surface area contributed by atoms with Crippen molar-refractivity contribution >= 4 is 28.6 Å². The molecule has 0 saturated carbocycles. The average molecular weight is 201 g/mol. The molecule has 0 fully saturated rings. The second kappa shape index (κ2) is 4.27. The van der Waals surface area contributed by atoms with Crippen LogP contribution in [0.1, 0.15) is 13.8 Å². The number of carbonyl (C=O) groups is 2. The molecule has 0 radical (unpaired) electrons. The predicted molar refractivity (Wildman–Crippen MR) is 51.3 cm³/mol. The summed E-state index contributed by atoms with van der Waals surface area (Å²) in [6.45, 7) is 3.19. The summed E-state index contributed by atoms with van der Waals surface area (Å²) in [6.07, 6.45) is 0. The number of aliphatic imine (C=N–C) groups is 1. The lowest BCUT2D eigenvalue weighted by molar-refractivity contribution is -0.128. The van der Waals surface area contributed by atoms with E-state index >= 15 is 0 Å². The highest BCUT2D eigenvalue weighted by Crippen LogP contribution is 2.17. The number of nitrogens with one attached hydrogen (secondary N) is 2. The number of hydrogen-bond donors (Lipinski definition) is 2. The van der Waals surface area contributed by atoms with E-state index in [0.717, 1.165) is 5.04 Å². The van der Waals surface area contributed by atoms with Gasteiger partial charge >= 0.3 is 0 Å². The maximum absolute atomic E-state index is 11.2. The topological polar surface area (TPSA) is 70.6 Å². The van der Waals surface area contributed by atoms with E-state index in [1.807, 2.05) is 6.92 Å². The predicted octanol–water partition coefficient (Wildman–Crippen LogP) is -0.312. The second-order valence-corrected chi connectivity index (χ2v) is 3.86. The van der Waals surface area contributed by atoms with Gasteiger partial charge in [0.15, 0.2) is 0 Å².